The summed E-state index contributed by atoms with van der Waals surface area (Å²) in [6, 6.07) is 0. The molecule has 0 spiro atoms. The Morgan fingerprint density at radius 2 is 2.42 bits per heavy atom. The first-order valence-corrected chi connectivity index (χ1v) is 3.81. The molecule has 0 radical (unpaired) electrons. The predicted octanol–water partition coefficient (Wildman–Crippen LogP) is 1.42. The van der Waals surface area contributed by atoms with Crippen LogP contribution in [0.2, 0.25) is 0 Å². The number of hydrogen-bond acceptors (Lipinski definition) is 3. The lowest BCUT2D eigenvalue weighted by atomic mass is 10.1. The van der Waals surface area contributed by atoms with Gasteiger partial charge in [0.05, 0.1) is 0 Å². The fourth-order valence-electron chi connectivity index (χ4n) is 1.05. The average molecular weight is 167 g/mol. The third-order valence-corrected chi connectivity index (χ3v) is 2.24. The number of aromatic carboxylic acids is 1. The molecule has 4 nitrogen and oxygen atoms in total. The zero-order valence-electron chi connectivity index (χ0n) is 6.70. The Morgan fingerprint density at radius 3 is 2.83 bits per heavy atom. The first kappa shape index (κ1) is 7.34. The van der Waals surface area contributed by atoms with Crippen molar-refractivity contribution in [1.29, 1.82) is 0 Å². The molecule has 12 heavy (non-hydrogen) atoms. The van der Waals surface area contributed by atoms with E-state index < -0.39 is 5.97 Å². The third kappa shape index (κ3) is 0.995. The average Bonchev–Trinajstić information content (AvgIpc) is 2.61. The lowest BCUT2D eigenvalue weighted by Crippen LogP contribution is -2.02. The molecule has 0 unspecified atom stereocenters. The number of carbonyl (C=O) groups is 1. The zero-order valence-corrected chi connectivity index (χ0v) is 6.70. The normalized spacial score (nSPS) is 19.1. The van der Waals surface area contributed by atoms with Crippen molar-refractivity contribution in [2.45, 2.75) is 25.2 Å². The van der Waals surface area contributed by atoms with E-state index in [1.807, 2.05) is 6.92 Å². The van der Waals surface area contributed by atoms with Crippen molar-refractivity contribution in [3.8, 4) is 0 Å². The minimum Gasteiger partial charge on any atom is -0.476 e. The van der Waals surface area contributed by atoms with Gasteiger partial charge in [-0.25, -0.2) is 9.78 Å². The van der Waals surface area contributed by atoms with Gasteiger partial charge in [-0.15, -0.1) is 0 Å². The van der Waals surface area contributed by atoms with E-state index in [0.717, 1.165) is 12.8 Å². The quantitative estimate of drug-likeness (QED) is 0.723. The van der Waals surface area contributed by atoms with Gasteiger partial charge < -0.3 is 9.52 Å². The molecule has 0 atom stereocenters. The number of oxazole rings is 1. The van der Waals surface area contributed by atoms with E-state index in [4.69, 9.17) is 9.52 Å². The van der Waals surface area contributed by atoms with Crippen molar-refractivity contribution in [3.63, 3.8) is 0 Å². The number of hydrogen-bond donors (Lipinski definition) is 1. The van der Waals surface area contributed by atoms with Crippen LogP contribution >= 0.6 is 0 Å². The van der Waals surface area contributed by atoms with Crippen molar-refractivity contribution < 1.29 is 14.3 Å². The van der Waals surface area contributed by atoms with Gasteiger partial charge in [0.15, 0.2) is 5.69 Å². The van der Waals surface area contributed by atoms with E-state index in [0.29, 0.717) is 5.89 Å². The van der Waals surface area contributed by atoms with E-state index in [1.54, 1.807) is 0 Å². The van der Waals surface area contributed by atoms with Crippen LogP contribution in [0.1, 0.15) is 36.1 Å². The number of carboxylic acids is 1. The molecule has 1 aliphatic carbocycles. The van der Waals surface area contributed by atoms with Gasteiger partial charge in [-0.2, -0.15) is 0 Å². The summed E-state index contributed by atoms with van der Waals surface area (Å²) in [6.07, 6.45) is 3.26. The van der Waals surface area contributed by atoms with Crippen LogP contribution in [-0.2, 0) is 5.41 Å². The van der Waals surface area contributed by atoms with Gasteiger partial charge in [0.25, 0.3) is 0 Å². The molecule has 2 rings (SSSR count). The van der Waals surface area contributed by atoms with E-state index >= 15 is 0 Å². The summed E-state index contributed by atoms with van der Waals surface area (Å²) in [5, 5.41) is 8.56. The van der Waals surface area contributed by atoms with E-state index in [-0.39, 0.29) is 11.1 Å². The van der Waals surface area contributed by atoms with Crippen LogP contribution in [0.15, 0.2) is 10.7 Å². The van der Waals surface area contributed by atoms with Gasteiger partial charge in [-0.1, -0.05) is 6.92 Å². The maximum absolute atomic E-state index is 10.4. The molecule has 0 saturated heterocycles. The molecule has 1 saturated carbocycles. The predicted molar refractivity (Wildman–Crippen MR) is 40.0 cm³/mol. The Balaban J connectivity index is 2.30. The second kappa shape index (κ2) is 2.09. The Bertz CT molecular complexity index is 325. The first-order chi connectivity index (χ1) is 5.62. The SMILES string of the molecule is CC1(c2nc(C(=O)O)co2)CC1. The van der Waals surface area contributed by atoms with Gasteiger partial charge in [-0.05, 0) is 12.8 Å². The second-order valence-electron chi connectivity index (χ2n) is 3.40. The topological polar surface area (TPSA) is 63.3 Å². The number of aromatic nitrogens is 1. The summed E-state index contributed by atoms with van der Waals surface area (Å²) in [4.78, 5) is 14.3. The largest absolute Gasteiger partial charge is 0.476 e. The smallest absolute Gasteiger partial charge is 0.357 e. The number of nitrogens with zero attached hydrogens (tertiary/aromatic N) is 1. The molecule has 1 N–H and O–H groups in total. The lowest BCUT2D eigenvalue weighted by Gasteiger charge is -1.98. The zero-order chi connectivity index (χ0) is 8.77. The molecule has 1 heterocycles. The molecule has 64 valence electrons. The van der Waals surface area contributed by atoms with Gasteiger partial charge in [0, 0.05) is 5.41 Å². The van der Waals surface area contributed by atoms with Crippen molar-refractivity contribution in [2.24, 2.45) is 0 Å². The molecule has 1 aromatic heterocycles. The third-order valence-electron chi connectivity index (χ3n) is 2.24. The Morgan fingerprint density at radius 1 is 1.75 bits per heavy atom. The van der Waals surface area contributed by atoms with Crippen molar-refractivity contribution in [2.75, 3.05) is 0 Å². The minimum atomic E-state index is -1.03. The van der Waals surface area contributed by atoms with Gasteiger partial charge in [0.1, 0.15) is 6.26 Å². The van der Waals surface area contributed by atoms with Gasteiger partial charge in [-0.3, -0.25) is 0 Å². The molecule has 0 aliphatic heterocycles. The summed E-state index contributed by atoms with van der Waals surface area (Å²) in [7, 11) is 0. The molecular weight excluding hydrogens is 158 g/mol. The number of rotatable bonds is 2. The van der Waals surface area contributed by atoms with Crippen molar-refractivity contribution in [1.82, 2.24) is 4.98 Å². The molecular formula is C8H9NO3. The van der Waals surface area contributed by atoms with E-state index in [1.165, 1.54) is 6.26 Å². The monoisotopic (exact) mass is 167 g/mol. The summed E-state index contributed by atoms with van der Waals surface area (Å²) < 4.78 is 5.06. The van der Waals surface area contributed by atoms with Crippen LogP contribution in [0, 0.1) is 0 Å². The summed E-state index contributed by atoms with van der Waals surface area (Å²) in [5.74, 6) is -0.478. The fourth-order valence-corrected chi connectivity index (χ4v) is 1.05. The maximum Gasteiger partial charge on any atom is 0.357 e. The minimum absolute atomic E-state index is 0.00174. The second-order valence-corrected chi connectivity index (χ2v) is 3.40. The summed E-state index contributed by atoms with van der Waals surface area (Å²) in [6.45, 7) is 2.02. The van der Waals surface area contributed by atoms with Crippen LogP contribution in [0.25, 0.3) is 0 Å². The van der Waals surface area contributed by atoms with E-state index in [2.05, 4.69) is 4.98 Å². The summed E-state index contributed by atoms with van der Waals surface area (Å²) in [5.41, 5.74) is 0.00590. The lowest BCUT2D eigenvalue weighted by molar-refractivity contribution is 0.0690. The highest BCUT2D eigenvalue weighted by atomic mass is 16.4. The maximum atomic E-state index is 10.4. The first-order valence-electron chi connectivity index (χ1n) is 3.81. The standard InChI is InChI=1S/C8H9NO3/c1-8(2-3-8)7-9-5(4-12-7)6(10)11/h4H,2-3H2,1H3,(H,10,11). The highest BCUT2D eigenvalue weighted by molar-refractivity contribution is 5.84. The van der Waals surface area contributed by atoms with Crippen LogP contribution in [0.5, 0.6) is 0 Å². The molecule has 1 aliphatic rings. The Kier molecular flexibility index (Phi) is 1.28. The van der Waals surface area contributed by atoms with Crippen LogP contribution < -0.4 is 0 Å². The van der Waals surface area contributed by atoms with Gasteiger partial charge in [0.2, 0.25) is 5.89 Å². The molecule has 0 bridgehead atoms. The summed E-state index contributed by atoms with van der Waals surface area (Å²) >= 11 is 0. The van der Waals surface area contributed by atoms with Crippen molar-refractivity contribution in [3.05, 3.63) is 17.8 Å². The van der Waals surface area contributed by atoms with Crippen LogP contribution in [0.3, 0.4) is 0 Å². The van der Waals surface area contributed by atoms with Crippen molar-refractivity contribution >= 4 is 5.97 Å². The molecule has 4 heteroatoms. The highest BCUT2D eigenvalue weighted by Crippen LogP contribution is 2.46. The Labute approximate surface area is 69.2 Å². The molecule has 1 aromatic rings. The van der Waals surface area contributed by atoms with E-state index in [9.17, 15) is 4.79 Å². The Hall–Kier alpha value is -1.32. The van der Waals surface area contributed by atoms with Gasteiger partial charge >= 0.3 is 5.97 Å². The van der Waals surface area contributed by atoms with Crippen LogP contribution in [0.4, 0.5) is 0 Å². The van der Waals surface area contributed by atoms with Crippen LogP contribution in [-0.4, -0.2) is 16.1 Å². The highest BCUT2D eigenvalue weighted by Gasteiger charge is 2.44. The fraction of sp³-hybridized carbons (Fsp3) is 0.500. The molecule has 0 amide bonds. The molecule has 0 aromatic carbocycles. The number of carboxylic acid groups (broad SMARTS) is 1. The molecule has 1 fully saturated rings.